The highest BCUT2D eigenvalue weighted by atomic mass is 35.5. The van der Waals surface area contributed by atoms with Gasteiger partial charge in [-0.05, 0) is 30.8 Å². The lowest BCUT2D eigenvalue weighted by Gasteiger charge is -2.17. The van der Waals surface area contributed by atoms with Crippen LogP contribution >= 0.6 is 34.5 Å². The average molecular weight is 287 g/mol. The summed E-state index contributed by atoms with van der Waals surface area (Å²) in [5.41, 5.74) is 2.86. The molecule has 1 unspecified atom stereocenters. The fourth-order valence-corrected chi connectivity index (χ4v) is 2.76. The Kier molecular flexibility index (Phi) is 4.40. The van der Waals surface area contributed by atoms with Crippen LogP contribution in [0.1, 0.15) is 16.5 Å². The van der Waals surface area contributed by atoms with E-state index in [0.717, 1.165) is 17.0 Å². The van der Waals surface area contributed by atoms with Gasteiger partial charge >= 0.3 is 0 Å². The van der Waals surface area contributed by atoms with Crippen molar-refractivity contribution < 1.29 is 0 Å². The van der Waals surface area contributed by atoms with E-state index in [1.165, 1.54) is 4.88 Å². The first-order valence-electron chi connectivity index (χ1n) is 5.20. The normalized spacial score (nSPS) is 12.6. The van der Waals surface area contributed by atoms with Crippen molar-refractivity contribution in [1.29, 1.82) is 0 Å². The minimum atomic E-state index is 0.154. The Morgan fingerprint density at radius 2 is 2.24 bits per heavy atom. The van der Waals surface area contributed by atoms with Crippen LogP contribution in [-0.4, -0.2) is 12.0 Å². The van der Waals surface area contributed by atoms with E-state index in [1.54, 1.807) is 17.4 Å². The Hall–Kier alpha value is -0.610. The van der Waals surface area contributed by atoms with Gasteiger partial charge in [0.1, 0.15) is 0 Å². The van der Waals surface area contributed by atoms with Crippen LogP contribution < -0.4 is 5.32 Å². The molecule has 2 aromatic rings. The number of halogens is 2. The van der Waals surface area contributed by atoms with Crippen LogP contribution in [0.25, 0.3) is 0 Å². The van der Waals surface area contributed by atoms with Crippen molar-refractivity contribution in [3.8, 4) is 0 Å². The largest absolute Gasteiger partial charge is 0.313 e. The third kappa shape index (κ3) is 3.19. The Morgan fingerprint density at radius 3 is 2.88 bits per heavy atom. The van der Waals surface area contributed by atoms with Crippen LogP contribution in [0.4, 0.5) is 0 Å². The third-order valence-electron chi connectivity index (χ3n) is 2.57. The van der Waals surface area contributed by atoms with Crippen molar-refractivity contribution in [3.05, 3.63) is 50.4 Å². The molecule has 1 aromatic carbocycles. The van der Waals surface area contributed by atoms with Crippen molar-refractivity contribution >= 4 is 34.5 Å². The topological polar surface area (TPSA) is 24.9 Å². The van der Waals surface area contributed by atoms with Gasteiger partial charge in [-0.15, -0.1) is 11.3 Å². The number of rotatable bonds is 4. The number of benzene rings is 1. The molecule has 2 rings (SSSR count). The van der Waals surface area contributed by atoms with E-state index in [4.69, 9.17) is 23.2 Å². The van der Waals surface area contributed by atoms with Gasteiger partial charge in [0.05, 0.1) is 5.51 Å². The minimum absolute atomic E-state index is 0.154. The molecule has 17 heavy (non-hydrogen) atoms. The second-order valence-corrected chi connectivity index (χ2v) is 5.49. The highest BCUT2D eigenvalue weighted by molar-refractivity contribution is 7.09. The molecule has 0 saturated carbocycles. The molecule has 0 aliphatic rings. The average Bonchev–Trinajstić information content (AvgIpc) is 2.82. The molecule has 1 heterocycles. The van der Waals surface area contributed by atoms with Crippen molar-refractivity contribution in [1.82, 2.24) is 10.3 Å². The van der Waals surface area contributed by atoms with E-state index in [-0.39, 0.29) is 6.04 Å². The van der Waals surface area contributed by atoms with E-state index in [1.807, 2.05) is 30.9 Å². The van der Waals surface area contributed by atoms with Gasteiger partial charge in [0.2, 0.25) is 0 Å². The molecule has 0 saturated heterocycles. The van der Waals surface area contributed by atoms with Crippen molar-refractivity contribution in [2.45, 2.75) is 12.5 Å². The molecule has 1 aromatic heterocycles. The molecule has 0 amide bonds. The Labute approximate surface area is 115 Å². The summed E-state index contributed by atoms with van der Waals surface area (Å²) in [7, 11) is 1.92. The lowest BCUT2D eigenvalue weighted by atomic mass is 10.0. The summed E-state index contributed by atoms with van der Waals surface area (Å²) in [6.45, 7) is 0. The van der Waals surface area contributed by atoms with Crippen LogP contribution in [0.5, 0.6) is 0 Å². The van der Waals surface area contributed by atoms with Gasteiger partial charge in [-0.3, -0.25) is 4.98 Å². The number of nitrogens with one attached hydrogen (secondary N) is 1. The summed E-state index contributed by atoms with van der Waals surface area (Å²) in [5.74, 6) is 0. The van der Waals surface area contributed by atoms with Crippen molar-refractivity contribution in [2.24, 2.45) is 0 Å². The van der Waals surface area contributed by atoms with Crippen molar-refractivity contribution in [3.63, 3.8) is 0 Å². The molecule has 90 valence electrons. The molecule has 0 aliphatic carbocycles. The van der Waals surface area contributed by atoms with Crippen LogP contribution in [0.2, 0.25) is 10.0 Å². The molecular formula is C12H12Cl2N2S. The summed E-state index contributed by atoms with van der Waals surface area (Å²) in [6, 6.07) is 5.69. The quantitative estimate of drug-likeness (QED) is 0.921. The van der Waals surface area contributed by atoms with E-state index in [2.05, 4.69) is 10.3 Å². The molecular weight excluding hydrogens is 275 g/mol. The molecule has 0 bridgehead atoms. The van der Waals surface area contributed by atoms with Crippen LogP contribution in [0, 0.1) is 0 Å². The summed E-state index contributed by atoms with van der Waals surface area (Å²) in [5, 5.41) is 4.70. The SMILES string of the molecule is CNC(Cc1cncs1)c1cc(Cl)ccc1Cl. The number of hydrogen-bond acceptors (Lipinski definition) is 3. The lowest BCUT2D eigenvalue weighted by molar-refractivity contribution is 0.596. The van der Waals surface area contributed by atoms with E-state index < -0.39 is 0 Å². The van der Waals surface area contributed by atoms with Gasteiger partial charge in [0.25, 0.3) is 0 Å². The minimum Gasteiger partial charge on any atom is -0.313 e. The maximum absolute atomic E-state index is 6.20. The summed E-state index contributed by atoms with van der Waals surface area (Å²) < 4.78 is 0. The zero-order valence-electron chi connectivity index (χ0n) is 9.28. The molecule has 1 atom stereocenters. The van der Waals surface area contributed by atoms with Gasteiger partial charge in [-0.2, -0.15) is 0 Å². The predicted octanol–water partition coefficient (Wildman–Crippen LogP) is 3.95. The third-order valence-corrected chi connectivity index (χ3v) is 3.95. The molecule has 5 heteroatoms. The first kappa shape index (κ1) is 12.8. The van der Waals surface area contributed by atoms with Crippen molar-refractivity contribution in [2.75, 3.05) is 7.05 Å². The summed E-state index contributed by atoms with van der Waals surface area (Å²) in [6.07, 6.45) is 2.74. The predicted molar refractivity (Wildman–Crippen MR) is 74.1 cm³/mol. The van der Waals surface area contributed by atoms with Crippen LogP contribution in [0.15, 0.2) is 29.9 Å². The molecule has 0 aliphatic heterocycles. The molecule has 0 fully saturated rings. The Balaban J connectivity index is 2.25. The number of likely N-dealkylation sites (N-methyl/N-ethyl adjacent to an activating group) is 1. The summed E-state index contributed by atoms with van der Waals surface area (Å²) >= 11 is 13.8. The van der Waals surface area contributed by atoms with E-state index in [0.29, 0.717) is 5.02 Å². The highest BCUT2D eigenvalue weighted by Gasteiger charge is 2.14. The lowest BCUT2D eigenvalue weighted by Crippen LogP contribution is -2.18. The van der Waals surface area contributed by atoms with Gasteiger partial charge in [0, 0.05) is 33.6 Å². The maximum Gasteiger partial charge on any atom is 0.0794 e. The highest BCUT2D eigenvalue weighted by Crippen LogP contribution is 2.29. The second kappa shape index (κ2) is 5.83. The fourth-order valence-electron chi connectivity index (χ4n) is 1.69. The van der Waals surface area contributed by atoms with Crippen LogP contribution in [-0.2, 0) is 6.42 Å². The van der Waals surface area contributed by atoms with Gasteiger partial charge in [-0.1, -0.05) is 23.2 Å². The first-order valence-corrected chi connectivity index (χ1v) is 6.84. The zero-order chi connectivity index (χ0) is 12.3. The van der Waals surface area contributed by atoms with Gasteiger partial charge in [0.15, 0.2) is 0 Å². The van der Waals surface area contributed by atoms with Gasteiger partial charge < -0.3 is 5.32 Å². The zero-order valence-corrected chi connectivity index (χ0v) is 11.6. The molecule has 2 nitrogen and oxygen atoms in total. The smallest absolute Gasteiger partial charge is 0.0794 e. The number of aromatic nitrogens is 1. The number of nitrogens with zero attached hydrogens (tertiary/aromatic N) is 1. The standard InChI is InChI=1S/C12H12Cl2N2S/c1-15-12(5-9-6-16-7-17-9)10-4-8(13)2-3-11(10)14/h2-4,6-7,12,15H,5H2,1H3. The number of hydrogen-bond donors (Lipinski definition) is 1. The second-order valence-electron chi connectivity index (χ2n) is 3.68. The van der Waals surface area contributed by atoms with Gasteiger partial charge in [-0.25, -0.2) is 0 Å². The van der Waals surface area contributed by atoms with Crippen LogP contribution in [0.3, 0.4) is 0 Å². The van der Waals surface area contributed by atoms with E-state index >= 15 is 0 Å². The van der Waals surface area contributed by atoms with E-state index in [9.17, 15) is 0 Å². The molecule has 1 N–H and O–H groups in total. The Bertz CT molecular complexity index is 485. The Morgan fingerprint density at radius 1 is 1.41 bits per heavy atom. The molecule has 0 spiro atoms. The monoisotopic (exact) mass is 286 g/mol. The number of thiazole rings is 1. The maximum atomic E-state index is 6.20. The summed E-state index contributed by atoms with van der Waals surface area (Å²) in [4.78, 5) is 5.30. The first-order chi connectivity index (χ1) is 8.20. The fraction of sp³-hybridized carbons (Fsp3) is 0.250. The molecule has 0 radical (unpaired) electrons.